The molecule has 1 aliphatic rings. The minimum absolute atomic E-state index is 0.0487. The van der Waals surface area contributed by atoms with Gasteiger partial charge in [-0.2, -0.15) is 25.8 Å². The Balaban J connectivity index is 1.82. The second-order valence-corrected chi connectivity index (χ2v) is 9.13. The summed E-state index contributed by atoms with van der Waals surface area (Å²) in [5.74, 6) is -1.16. The highest BCUT2D eigenvalue weighted by atomic mass is 35.5. The molecular weight excluding hydrogens is 525 g/mol. The summed E-state index contributed by atoms with van der Waals surface area (Å²) in [6.45, 7) is -0.0752. The van der Waals surface area contributed by atoms with Crippen molar-refractivity contribution >= 4 is 47.4 Å². The smallest absolute Gasteiger partial charge is 0.325 e. The van der Waals surface area contributed by atoms with E-state index in [4.69, 9.17) is 17.3 Å². The third-order valence-electron chi connectivity index (χ3n) is 5.74. The zero-order valence-electron chi connectivity index (χ0n) is 19.2. The summed E-state index contributed by atoms with van der Waals surface area (Å²) < 4.78 is 39.2. The molecule has 2 atom stereocenters. The quantitative estimate of drug-likeness (QED) is 0.399. The molecule has 0 fully saturated rings. The molecule has 1 aliphatic heterocycles. The monoisotopic (exact) mass is 546 g/mol. The number of amides is 2. The van der Waals surface area contributed by atoms with Gasteiger partial charge < -0.3 is 16.0 Å². The van der Waals surface area contributed by atoms with Crippen LogP contribution >= 0.6 is 24.2 Å². The van der Waals surface area contributed by atoms with Crippen molar-refractivity contribution in [3.63, 3.8) is 0 Å². The molecule has 2 amide bonds. The van der Waals surface area contributed by atoms with Gasteiger partial charge >= 0.3 is 6.18 Å². The van der Waals surface area contributed by atoms with Gasteiger partial charge in [0.25, 0.3) is 5.91 Å². The van der Waals surface area contributed by atoms with Gasteiger partial charge in [0.2, 0.25) is 12.1 Å². The Morgan fingerprint density at radius 2 is 1.78 bits per heavy atom. The van der Waals surface area contributed by atoms with Gasteiger partial charge in [-0.1, -0.05) is 54.1 Å². The number of nitrogens with zero attached hydrogens (tertiary/aromatic N) is 2. The summed E-state index contributed by atoms with van der Waals surface area (Å²) in [4.78, 5) is 32.4. The highest BCUT2D eigenvalue weighted by molar-refractivity contribution is 7.80. The lowest BCUT2D eigenvalue weighted by Gasteiger charge is -2.26. The van der Waals surface area contributed by atoms with E-state index in [-0.39, 0.29) is 12.3 Å². The standard InChI is InChI=1S/C26H22ClF3N4O2S/c27-18-10-11-21-19(12-18)22(16-4-2-1-3-5-16)32-23(33-24(35)20(31)14-37)25(36)34(21)13-15-6-8-17(9-7-15)26(28,29)30/h1-12,20,23,37H,13-14,31H2,(H,33,35). The van der Waals surface area contributed by atoms with Crippen molar-refractivity contribution in [2.75, 3.05) is 10.7 Å². The van der Waals surface area contributed by atoms with E-state index in [0.717, 1.165) is 12.1 Å². The minimum atomic E-state index is -4.49. The first kappa shape index (κ1) is 26.7. The van der Waals surface area contributed by atoms with Crippen LogP contribution in [-0.4, -0.2) is 35.5 Å². The number of carbonyl (C=O) groups excluding carboxylic acids is 2. The normalized spacial score (nSPS) is 16.5. The summed E-state index contributed by atoms with van der Waals surface area (Å²) in [6, 6.07) is 17.5. The largest absolute Gasteiger partial charge is 0.416 e. The van der Waals surface area contributed by atoms with Gasteiger partial charge in [0.15, 0.2) is 0 Å². The maximum Gasteiger partial charge on any atom is 0.416 e. The lowest BCUT2D eigenvalue weighted by molar-refractivity contribution is -0.137. The highest BCUT2D eigenvalue weighted by Gasteiger charge is 2.34. The van der Waals surface area contributed by atoms with Crippen LogP contribution in [0.1, 0.15) is 22.3 Å². The second-order valence-electron chi connectivity index (χ2n) is 8.32. The molecule has 37 heavy (non-hydrogen) atoms. The molecule has 3 aromatic rings. The van der Waals surface area contributed by atoms with Crippen LogP contribution in [0, 0.1) is 0 Å². The number of anilines is 1. The molecule has 0 saturated carbocycles. The van der Waals surface area contributed by atoms with Gasteiger partial charge in [0.1, 0.15) is 0 Å². The molecule has 11 heteroatoms. The van der Waals surface area contributed by atoms with E-state index in [1.807, 2.05) is 6.07 Å². The van der Waals surface area contributed by atoms with Gasteiger partial charge in [-0.3, -0.25) is 9.59 Å². The maximum atomic E-state index is 13.8. The van der Waals surface area contributed by atoms with E-state index < -0.39 is 35.8 Å². The molecular formula is C26H22ClF3N4O2S. The molecule has 2 unspecified atom stereocenters. The third kappa shape index (κ3) is 5.98. The number of fused-ring (bicyclic) bond motifs is 1. The van der Waals surface area contributed by atoms with E-state index in [2.05, 4.69) is 22.9 Å². The number of nitrogens with one attached hydrogen (secondary N) is 1. The first-order valence-corrected chi connectivity index (χ1v) is 12.2. The van der Waals surface area contributed by atoms with E-state index in [1.54, 1.807) is 42.5 Å². The van der Waals surface area contributed by atoms with Gasteiger partial charge in [-0.05, 0) is 35.9 Å². The molecule has 4 rings (SSSR count). The van der Waals surface area contributed by atoms with Crippen molar-refractivity contribution in [3.05, 3.63) is 100 Å². The second kappa shape index (κ2) is 11.0. The number of nitrogens with two attached hydrogens (primary N) is 1. The van der Waals surface area contributed by atoms with Crippen LogP contribution in [0.25, 0.3) is 0 Å². The number of alkyl halides is 3. The molecule has 0 aliphatic carbocycles. The predicted octanol–water partition coefficient (Wildman–Crippen LogP) is 4.44. The molecule has 192 valence electrons. The lowest BCUT2D eigenvalue weighted by Crippen LogP contribution is -2.52. The molecule has 3 aromatic carbocycles. The number of thiol groups is 1. The topological polar surface area (TPSA) is 87.8 Å². The van der Waals surface area contributed by atoms with E-state index >= 15 is 0 Å². The van der Waals surface area contributed by atoms with Crippen molar-refractivity contribution in [1.82, 2.24) is 5.32 Å². The number of benzene rings is 3. The van der Waals surface area contributed by atoms with Crippen molar-refractivity contribution in [1.29, 1.82) is 0 Å². The molecule has 0 radical (unpaired) electrons. The van der Waals surface area contributed by atoms with Gasteiger partial charge in [-0.25, -0.2) is 4.99 Å². The predicted molar refractivity (Wildman–Crippen MR) is 140 cm³/mol. The Hall–Kier alpha value is -3.34. The van der Waals surface area contributed by atoms with Crippen LogP contribution < -0.4 is 16.0 Å². The fourth-order valence-corrected chi connectivity index (χ4v) is 4.18. The first-order valence-electron chi connectivity index (χ1n) is 11.2. The Kier molecular flexibility index (Phi) is 7.91. The summed E-state index contributed by atoms with van der Waals surface area (Å²) in [5.41, 5.74) is 7.49. The average Bonchev–Trinajstić information content (AvgIpc) is 2.98. The van der Waals surface area contributed by atoms with Crippen molar-refractivity contribution in [3.8, 4) is 0 Å². The molecule has 0 spiro atoms. The van der Waals surface area contributed by atoms with Crippen LogP contribution in [0.15, 0.2) is 77.8 Å². The third-order valence-corrected chi connectivity index (χ3v) is 6.37. The molecule has 0 saturated heterocycles. The van der Waals surface area contributed by atoms with Crippen molar-refractivity contribution in [2.45, 2.75) is 24.9 Å². The average molecular weight is 547 g/mol. The molecule has 6 nitrogen and oxygen atoms in total. The van der Waals surface area contributed by atoms with Gasteiger partial charge in [0.05, 0.1) is 29.5 Å². The summed E-state index contributed by atoms with van der Waals surface area (Å²) in [5, 5.41) is 2.97. The fourth-order valence-electron chi connectivity index (χ4n) is 3.84. The Labute approximate surface area is 221 Å². The first-order chi connectivity index (χ1) is 17.6. The maximum absolute atomic E-state index is 13.8. The number of halogens is 4. The highest BCUT2D eigenvalue weighted by Crippen LogP contribution is 2.33. The van der Waals surface area contributed by atoms with Crippen molar-refractivity contribution < 1.29 is 22.8 Å². The fraction of sp³-hybridized carbons (Fsp3) is 0.192. The minimum Gasteiger partial charge on any atom is -0.325 e. The van der Waals surface area contributed by atoms with E-state index in [0.29, 0.717) is 33.1 Å². The summed E-state index contributed by atoms with van der Waals surface area (Å²) in [7, 11) is 0. The Bertz CT molecular complexity index is 1330. The number of benzodiazepines with no additional fused rings is 1. The van der Waals surface area contributed by atoms with Crippen LogP contribution in [0.2, 0.25) is 5.02 Å². The number of hydrogen-bond acceptors (Lipinski definition) is 5. The SMILES string of the molecule is NC(CS)C(=O)NC1N=C(c2ccccc2)c2cc(Cl)ccc2N(Cc2ccc(C(F)(F)F)cc2)C1=O. The Morgan fingerprint density at radius 3 is 2.41 bits per heavy atom. The zero-order chi connectivity index (χ0) is 26.7. The molecule has 3 N–H and O–H groups in total. The van der Waals surface area contributed by atoms with E-state index in [1.165, 1.54) is 17.0 Å². The van der Waals surface area contributed by atoms with Gasteiger partial charge in [-0.15, -0.1) is 0 Å². The number of carbonyl (C=O) groups is 2. The number of rotatable bonds is 6. The number of hydrogen-bond donors (Lipinski definition) is 3. The van der Waals surface area contributed by atoms with Crippen LogP contribution in [0.4, 0.5) is 18.9 Å². The van der Waals surface area contributed by atoms with Gasteiger partial charge in [0, 0.05) is 21.9 Å². The Morgan fingerprint density at radius 1 is 1.11 bits per heavy atom. The molecule has 0 aromatic heterocycles. The molecule has 0 bridgehead atoms. The van der Waals surface area contributed by atoms with Crippen LogP contribution in [-0.2, 0) is 22.3 Å². The molecule has 1 heterocycles. The zero-order valence-corrected chi connectivity index (χ0v) is 20.9. The summed E-state index contributed by atoms with van der Waals surface area (Å²) in [6.07, 6.45) is -5.84. The number of aliphatic imine (C=N–C) groups is 1. The van der Waals surface area contributed by atoms with Crippen LogP contribution in [0.5, 0.6) is 0 Å². The lowest BCUT2D eigenvalue weighted by atomic mass is 10.00. The summed E-state index contributed by atoms with van der Waals surface area (Å²) >= 11 is 10.4. The van der Waals surface area contributed by atoms with Crippen molar-refractivity contribution in [2.24, 2.45) is 10.7 Å². The van der Waals surface area contributed by atoms with E-state index in [9.17, 15) is 22.8 Å². The van der Waals surface area contributed by atoms with Crippen LogP contribution in [0.3, 0.4) is 0 Å².